The Morgan fingerprint density at radius 2 is 1.52 bits per heavy atom. The number of carbonyl (C=O) groups is 2. The second-order valence-corrected chi connectivity index (χ2v) is 10.8. The van der Waals surface area contributed by atoms with Crippen molar-refractivity contribution in [3.8, 4) is 0 Å². The molecule has 226 valence electrons. The summed E-state index contributed by atoms with van der Waals surface area (Å²) in [6.07, 6.45) is 1.86. The normalized spacial score (nSPS) is 12.5. The smallest absolute Gasteiger partial charge is 0.338 e. The molecule has 0 saturated carbocycles. The Morgan fingerprint density at radius 3 is 2.17 bits per heavy atom. The van der Waals surface area contributed by atoms with Crippen molar-refractivity contribution in [3.05, 3.63) is 106 Å². The van der Waals surface area contributed by atoms with Crippen molar-refractivity contribution >= 4 is 11.9 Å². The third-order valence-corrected chi connectivity index (χ3v) is 7.04. The molecular formula is C34H43F2N3O3. The van der Waals surface area contributed by atoms with Gasteiger partial charge >= 0.3 is 5.97 Å². The Bertz CT molecular complexity index is 1320. The van der Waals surface area contributed by atoms with Gasteiger partial charge in [0.25, 0.3) is 5.91 Å². The van der Waals surface area contributed by atoms with Crippen molar-refractivity contribution in [1.29, 1.82) is 0 Å². The van der Waals surface area contributed by atoms with Gasteiger partial charge in [0, 0.05) is 43.9 Å². The molecule has 0 radical (unpaired) electrons. The van der Waals surface area contributed by atoms with Gasteiger partial charge in [0.2, 0.25) is 0 Å². The molecule has 3 aromatic rings. The lowest BCUT2D eigenvalue weighted by atomic mass is 10.0. The highest BCUT2D eigenvalue weighted by molar-refractivity contribution is 5.98. The molecule has 3 aromatic carbocycles. The minimum atomic E-state index is -0.811. The van der Waals surface area contributed by atoms with Crippen LogP contribution in [0.15, 0.2) is 60.7 Å². The third-order valence-electron chi connectivity index (χ3n) is 7.04. The lowest BCUT2D eigenvalue weighted by Crippen LogP contribution is -2.46. The van der Waals surface area contributed by atoms with Gasteiger partial charge in [0.15, 0.2) is 0 Å². The van der Waals surface area contributed by atoms with E-state index >= 15 is 0 Å². The summed E-state index contributed by atoms with van der Waals surface area (Å²) in [5.41, 5.74) is 10.6. The topological polar surface area (TPSA) is 84.7 Å². The number of esters is 1. The molecule has 0 aliphatic heterocycles. The van der Waals surface area contributed by atoms with E-state index in [-0.39, 0.29) is 24.4 Å². The number of hydrogen-bond donors (Lipinski definition) is 2. The Hall–Kier alpha value is -3.62. The first-order chi connectivity index (χ1) is 20.1. The molecule has 6 nitrogen and oxygen atoms in total. The molecule has 1 amide bonds. The van der Waals surface area contributed by atoms with Crippen molar-refractivity contribution in [1.82, 2.24) is 10.2 Å². The van der Waals surface area contributed by atoms with Crippen LogP contribution in [0.25, 0.3) is 0 Å². The van der Waals surface area contributed by atoms with Gasteiger partial charge in [0.05, 0.1) is 5.56 Å². The molecule has 0 spiro atoms. The Morgan fingerprint density at radius 1 is 0.881 bits per heavy atom. The zero-order chi connectivity index (χ0) is 30.6. The molecule has 3 rings (SSSR count). The number of amides is 1. The molecular weight excluding hydrogens is 536 g/mol. The number of ether oxygens (including phenoxy) is 1. The summed E-state index contributed by atoms with van der Waals surface area (Å²) in [5.74, 6) is -2.15. The molecule has 0 aromatic heterocycles. The lowest BCUT2D eigenvalue weighted by Gasteiger charge is -2.25. The Kier molecular flexibility index (Phi) is 12.6. The maximum Gasteiger partial charge on any atom is 0.338 e. The number of aryl methyl sites for hydroxylation is 2. The van der Waals surface area contributed by atoms with Crippen LogP contribution in [0.4, 0.5) is 8.78 Å². The van der Waals surface area contributed by atoms with Crippen LogP contribution in [0.3, 0.4) is 0 Å². The number of carbonyl (C=O) groups excluding carboxylic acids is 2. The van der Waals surface area contributed by atoms with E-state index in [0.717, 1.165) is 36.5 Å². The number of nitrogens with one attached hydrogen (secondary N) is 1. The molecule has 0 unspecified atom stereocenters. The van der Waals surface area contributed by atoms with E-state index in [2.05, 4.69) is 24.4 Å². The summed E-state index contributed by atoms with van der Waals surface area (Å²) in [4.78, 5) is 28.5. The van der Waals surface area contributed by atoms with Gasteiger partial charge in [-0.05, 0) is 85.2 Å². The third kappa shape index (κ3) is 9.74. The predicted molar refractivity (Wildman–Crippen MR) is 162 cm³/mol. The summed E-state index contributed by atoms with van der Waals surface area (Å²) < 4.78 is 33.6. The molecule has 0 saturated heterocycles. The fraction of sp³-hybridized carbons (Fsp3) is 0.412. The van der Waals surface area contributed by atoms with E-state index in [4.69, 9.17) is 10.5 Å². The first kappa shape index (κ1) is 32.9. The van der Waals surface area contributed by atoms with Crippen LogP contribution in [0.5, 0.6) is 0 Å². The maximum absolute atomic E-state index is 13.8. The number of hydrogen-bond acceptors (Lipinski definition) is 5. The fourth-order valence-electron chi connectivity index (χ4n) is 5.00. The van der Waals surface area contributed by atoms with Crippen molar-refractivity contribution in [2.75, 3.05) is 19.6 Å². The average Bonchev–Trinajstić information content (AvgIpc) is 2.95. The van der Waals surface area contributed by atoms with Crippen molar-refractivity contribution in [3.63, 3.8) is 0 Å². The average molecular weight is 580 g/mol. The van der Waals surface area contributed by atoms with Gasteiger partial charge < -0.3 is 20.7 Å². The number of benzene rings is 3. The maximum atomic E-state index is 13.8. The van der Waals surface area contributed by atoms with Crippen LogP contribution in [-0.4, -0.2) is 48.6 Å². The summed E-state index contributed by atoms with van der Waals surface area (Å²) in [6.45, 7) is 9.96. The predicted octanol–water partition coefficient (Wildman–Crippen LogP) is 5.98. The van der Waals surface area contributed by atoms with Gasteiger partial charge in [-0.2, -0.15) is 0 Å². The largest absolute Gasteiger partial charge is 0.456 e. The first-order valence-electron chi connectivity index (χ1n) is 14.7. The van der Waals surface area contributed by atoms with E-state index in [0.29, 0.717) is 30.8 Å². The van der Waals surface area contributed by atoms with E-state index in [1.54, 1.807) is 23.1 Å². The van der Waals surface area contributed by atoms with Crippen molar-refractivity contribution in [2.45, 2.75) is 72.1 Å². The molecule has 0 fully saturated rings. The number of nitrogens with two attached hydrogens (primary N) is 1. The van der Waals surface area contributed by atoms with Crippen LogP contribution >= 0.6 is 0 Å². The molecule has 8 heteroatoms. The van der Waals surface area contributed by atoms with Gasteiger partial charge in [-0.25, -0.2) is 13.6 Å². The first-order valence-corrected chi connectivity index (χ1v) is 14.7. The zero-order valence-electron chi connectivity index (χ0n) is 25.1. The van der Waals surface area contributed by atoms with Gasteiger partial charge in [-0.15, -0.1) is 0 Å². The second-order valence-electron chi connectivity index (χ2n) is 10.8. The monoisotopic (exact) mass is 579 g/mol. The highest BCUT2D eigenvalue weighted by atomic mass is 19.1. The molecule has 0 aliphatic rings. The molecule has 0 aliphatic carbocycles. The van der Waals surface area contributed by atoms with Crippen LogP contribution in [0.1, 0.15) is 76.6 Å². The van der Waals surface area contributed by atoms with Crippen LogP contribution in [-0.2, 0) is 24.1 Å². The van der Waals surface area contributed by atoms with Crippen LogP contribution in [0, 0.1) is 18.6 Å². The standard InChI is InChI=1S/C34H43F2N3O3/c1-5-11-39(12-6-2)33(40)27-13-23(4)14-28(19-27)34(41)42-32(22-38-21-25-10-8-9-24(7-3)15-25)31(37)18-26-16-29(35)20-30(36)17-26/h8-10,13-17,19-20,31-32,38H,5-7,11-12,18,21-22,37H2,1-4H3/t31-,32+/m0/s1. The molecule has 0 bridgehead atoms. The minimum Gasteiger partial charge on any atom is -0.456 e. The molecule has 42 heavy (non-hydrogen) atoms. The zero-order valence-corrected chi connectivity index (χ0v) is 25.1. The van der Waals surface area contributed by atoms with E-state index in [9.17, 15) is 18.4 Å². The molecule has 3 N–H and O–H groups in total. The van der Waals surface area contributed by atoms with E-state index < -0.39 is 29.7 Å². The summed E-state index contributed by atoms with van der Waals surface area (Å²) in [7, 11) is 0. The van der Waals surface area contributed by atoms with Crippen LogP contribution in [0.2, 0.25) is 0 Å². The summed E-state index contributed by atoms with van der Waals surface area (Å²) in [6, 6.07) is 15.7. The summed E-state index contributed by atoms with van der Waals surface area (Å²) in [5, 5.41) is 3.32. The molecule has 0 heterocycles. The Labute approximate surface area is 248 Å². The molecule has 2 atom stereocenters. The SMILES string of the molecule is CCCN(CCC)C(=O)c1cc(C)cc(C(=O)O[C@H](CNCc2cccc(CC)c2)[C@@H](N)Cc2cc(F)cc(F)c2)c1. The van der Waals surface area contributed by atoms with E-state index in [1.165, 1.54) is 17.7 Å². The fourth-order valence-corrected chi connectivity index (χ4v) is 5.00. The van der Waals surface area contributed by atoms with Crippen LogP contribution < -0.4 is 11.1 Å². The van der Waals surface area contributed by atoms with Crippen molar-refractivity contribution in [2.24, 2.45) is 5.73 Å². The number of halogens is 2. The highest BCUT2D eigenvalue weighted by Gasteiger charge is 2.25. The van der Waals surface area contributed by atoms with Gasteiger partial charge in [0.1, 0.15) is 17.7 Å². The lowest BCUT2D eigenvalue weighted by molar-refractivity contribution is 0.0238. The van der Waals surface area contributed by atoms with Gasteiger partial charge in [-0.3, -0.25) is 4.79 Å². The Balaban J connectivity index is 1.81. The summed E-state index contributed by atoms with van der Waals surface area (Å²) >= 11 is 0. The quantitative estimate of drug-likeness (QED) is 0.216. The number of nitrogens with zero attached hydrogens (tertiary/aromatic N) is 1. The second kappa shape index (κ2) is 16.1. The van der Waals surface area contributed by atoms with Crippen molar-refractivity contribution < 1.29 is 23.1 Å². The minimum absolute atomic E-state index is 0.0974. The number of rotatable bonds is 15. The van der Waals surface area contributed by atoms with Gasteiger partial charge in [-0.1, -0.05) is 45.0 Å². The highest BCUT2D eigenvalue weighted by Crippen LogP contribution is 2.17. The van der Waals surface area contributed by atoms with E-state index in [1.807, 2.05) is 32.9 Å².